The molecule has 2 aromatic rings. The summed E-state index contributed by atoms with van der Waals surface area (Å²) >= 11 is 0. The average Bonchev–Trinajstić information content (AvgIpc) is 2.85. The van der Waals surface area contributed by atoms with Crippen LogP contribution in [0.4, 0.5) is 13.2 Å². The van der Waals surface area contributed by atoms with Gasteiger partial charge >= 0.3 is 6.18 Å². The van der Waals surface area contributed by atoms with Crippen LogP contribution in [0.25, 0.3) is 0 Å². The van der Waals surface area contributed by atoms with Crippen molar-refractivity contribution in [1.82, 2.24) is 0 Å². The molecule has 0 bridgehead atoms. The molecule has 1 N–H and O–H groups in total. The number of halogens is 3. The van der Waals surface area contributed by atoms with Gasteiger partial charge in [0.2, 0.25) is 0 Å². The number of phenols is 1. The van der Waals surface area contributed by atoms with Gasteiger partial charge < -0.3 is 9.84 Å². The maximum Gasteiger partial charge on any atom is 0.417 e. The van der Waals surface area contributed by atoms with Crippen molar-refractivity contribution >= 4 is 0 Å². The molecule has 202 valence electrons. The van der Waals surface area contributed by atoms with Crippen LogP contribution in [0.3, 0.4) is 0 Å². The normalized spacial score (nSPS) is 11.7. The first-order chi connectivity index (χ1) is 17.5. The Hall–Kier alpha value is -2.96. The van der Waals surface area contributed by atoms with Gasteiger partial charge in [0.1, 0.15) is 5.75 Å². The molecule has 1 unspecified atom stereocenters. The van der Waals surface area contributed by atoms with E-state index in [1.165, 1.54) is 31.7 Å². The Morgan fingerprint density at radius 1 is 0.919 bits per heavy atom. The lowest BCUT2D eigenvalue weighted by Crippen LogP contribution is -2.13. The molecule has 6 heteroatoms. The highest BCUT2D eigenvalue weighted by atomic mass is 19.4. The minimum Gasteiger partial charge on any atom is -0.508 e. The number of nitrogens with zero attached hydrogens (tertiary/aromatic N) is 1. The molecule has 0 heterocycles. The van der Waals surface area contributed by atoms with Crippen LogP contribution in [-0.4, -0.2) is 17.8 Å². The number of ether oxygens (including phenoxy) is 1. The van der Waals surface area contributed by atoms with Crippen molar-refractivity contribution in [1.29, 1.82) is 5.26 Å². The number of rotatable bonds is 10. The molecule has 0 aliphatic rings. The van der Waals surface area contributed by atoms with Gasteiger partial charge in [-0.05, 0) is 86.9 Å². The van der Waals surface area contributed by atoms with Gasteiger partial charge in [-0.15, -0.1) is 0 Å². The summed E-state index contributed by atoms with van der Waals surface area (Å²) in [7, 11) is 0. The Morgan fingerprint density at radius 3 is 2.16 bits per heavy atom. The lowest BCUT2D eigenvalue weighted by atomic mass is 9.99. The van der Waals surface area contributed by atoms with E-state index in [0.29, 0.717) is 29.7 Å². The molecule has 0 aliphatic carbocycles. The predicted octanol–water partition coefficient (Wildman–Crippen LogP) is 8.65. The van der Waals surface area contributed by atoms with Crippen LogP contribution < -0.4 is 0 Å². The van der Waals surface area contributed by atoms with Gasteiger partial charge in [0.05, 0.1) is 23.3 Å². The van der Waals surface area contributed by atoms with Gasteiger partial charge in [-0.3, -0.25) is 0 Å². The van der Waals surface area contributed by atoms with Crippen LogP contribution in [0.1, 0.15) is 101 Å². The first kappa shape index (κ1) is 32.1. The largest absolute Gasteiger partial charge is 0.508 e. The van der Waals surface area contributed by atoms with E-state index in [9.17, 15) is 18.3 Å². The van der Waals surface area contributed by atoms with Crippen molar-refractivity contribution in [3.8, 4) is 23.7 Å². The third-order valence-electron chi connectivity index (χ3n) is 5.75. The van der Waals surface area contributed by atoms with E-state index in [1.807, 2.05) is 6.92 Å². The molecule has 0 saturated heterocycles. The number of benzene rings is 2. The van der Waals surface area contributed by atoms with Gasteiger partial charge in [0.15, 0.2) is 0 Å². The summed E-state index contributed by atoms with van der Waals surface area (Å²) in [5, 5.41) is 18.3. The Labute approximate surface area is 220 Å². The predicted molar refractivity (Wildman–Crippen MR) is 143 cm³/mol. The standard InChI is InChI=1S/C20H16F3NO.C11H24O/c1-2-3-4-17-11-14(13-24)5-6-15(17)7-8-16-9-10-18(25)12-19(16)20(21,22)23;1-5-7-11(12-6-2)9-8-10(3)4/h5-6,9-12,25H,2-4H2,1H3;10-11H,5-9H2,1-4H3. The highest BCUT2D eigenvalue weighted by molar-refractivity contribution is 5.53. The summed E-state index contributed by atoms with van der Waals surface area (Å²) in [5.74, 6) is 5.69. The van der Waals surface area contributed by atoms with Crippen molar-refractivity contribution in [2.45, 2.75) is 91.8 Å². The Bertz CT molecular complexity index is 1050. The van der Waals surface area contributed by atoms with E-state index in [4.69, 9.17) is 10.00 Å². The zero-order valence-electron chi connectivity index (χ0n) is 22.7. The maximum atomic E-state index is 13.1. The molecule has 0 aromatic heterocycles. The molecule has 0 spiro atoms. The maximum absolute atomic E-state index is 13.1. The van der Waals surface area contributed by atoms with Gasteiger partial charge in [-0.2, -0.15) is 18.4 Å². The highest BCUT2D eigenvalue weighted by Crippen LogP contribution is 2.33. The first-order valence-corrected chi connectivity index (χ1v) is 13.1. The Balaban J connectivity index is 0.000000482. The lowest BCUT2D eigenvalue weighted by Gasteiger charge is -2.16. The molecule has 1 atom stereocenters. The zero-order valence-corrected chi connectivity index (χ0v) is 22.7. The number of alkyl halides is 3. The van der Waals surface area contributed by atoms with Crippen molar-refractivity contribution in [2.75, 3.05) is 6.61 Å². The first-order valence-electron chi connectivity index (χ1n) is 13.1. The summed E-state index contributed by atoms with van der Waals surface area (Å²) in [4.78, 5) is 0. The minimum atomic E-state index is -4.60. The molecule has 0 fully saturated rings. The molecule has 2 aromatic carbocycles. The summed E-state index contributed by atoms with van der Waals surface area (Å²) in [6, 6.07) is 10.0. The number of aryl methyl sites for hydroxylation is 1. The van der Waals surface area contributed by atoms with Gasteiger partial charge in [-0.1, -0.05) is 52.4 Å². The van der Waals surface area contributed by atoms with E-state index < -0.39 is 17.5 Å². The van der Waals surface area contributed by atoms with Crippen LogP contribution in [0, 0.1) is 29.1 Å². The molecule has 0 radical (unpaired) electrons. The van der Waals surface area contributed by atoms with E-state index >= 15 is 0 Å². The second-order valence-electron chi connectivity index (χ2n) is 9.40. The molecule has 2 rings (SSSR count). The minimum absolute atomic E-state index is 0.198. The van der Waals surface area contributed by atoms with Crippen LogP contribution in [-0.2, 0) is 17.3 Å². The van der Waals surface area contributed by atoms with Crippen LogP contribution >= 0.6 is 0 Å². The van der Waals surface area contributed by atoms with E-state index in [-0.39, 0.29) is 5.56 Å². The van der Waals surface area contributed by atoms with E-state index in [1.54, 1.807) is 18.2 Å². The van der Waals surface area contributed by atoms with Crippen molar-refractivity contribution in [2.24, 2.45) is 5.92 Å². The monoisotopic (exact) mass is 515 g/mol. The van der Waals surface area contributed by atoms with Crippen LogP contribution in [0.5, 0.6) is 5.75 Å². The van der Waals surface area contributed by atoms with E-state index in [2.05, 4.69) is 45.6 Å². The summed E-state index contributed by atoms with van der Waals surface area (Å²) in [6.45, 7) is 11.7. The number of hydrogen-bond acceptors (Lipinski definition) is 3. The average molecular weight is 516 g/mol. The van der Waals surface area contributed by atoms with Crippen LogP contribution in [0.2, 0.25) is 0 Å². The lowest BCUT2D eigenvalue weighted by molar-refractivity contribution is -0.137. The molecule has 37 heavy (non-hydrogen) atoms. The van der Waals surface area contributed by atoms with Gasteiger partial charge in [-0.25, -0.2) is 0 Å². The third kappa shape index (κ3) is 12.2. The molecule has 0 aliphatic heterocycles. The molecule has 0 saturated carbocycles. The Morgan fingerprint density at radius 2 is 1.59 bits per heavy atom. The molecule has 3 nitrogen and oxygen atoms in total. The Kier molecular flexibility index (Phi) is 14.5. The smallest absolute Gasteiger partial charge is 0.417 e. The van der Waals surface area contributed by atoms with E-state index in [0.717, 1.165) is 37.0 Å². The summed E-state index contributed by atoms with van der Waals surface area (Å²) in [5.41, 5.74) is 0.784. The quantitative estimate of drug-likeness (QED) is 0.322. The number of hydrogen-bond donors (Lipinski definition) is 1. The molecular weight excluding hydrogens is 475 g/mol. The fraction of sp³-hybridized carbons (Fsp3) is 0.516. The van der Waals surface area contributed by atoms with Gasteiger partial charge in [0.25, 0.3) is 0 Å². The second-order valence-corrected chi connectivity index (χ2v) is 9.40. The highest BCUT2D eigenvalue weighted by Gasteiger charge is 2.33. The molecule has 0 amide bonds. The number of aromatic hydroxyl groups is 1. The third-order valence-corrected chi connectivity index (χ3v) is 5.75. The van der Waals surface area contributed by atoms with Crippen molar-refractivity contribution in [3.63, 3.8) is 0 Å². The number of phenolic OH excluding ortho intramolecular Hbond substituents is 1. The number of nitriles is 1. The van der Waals surface area contributed by atoms with Crippen molar-refractivity contribution < 1.29 is 23.0 Å². The molecular formula is C31H40F3NO2. The number of unbranched alkanes of at least 4 members (excludes halogenated alkanes) is 1. The fourth-order valence-electron chi connectivity index (χ4n) is 3.76. The van der Waals surface area contributed by atoms with Crippen molar-refractivity contribution in [3.05, 3.63) is 64.2 Å². The second kappa shape index (κ2) is 16.7. The SMILES string of the molecule is CCCC(CCC(C)C)OCC.CCCCc1cc(C#N)ccc1C#Cc1ccc(O)cc1C(F)(F)F. The van der Waals surface area contributed by atoms with Gasteiger partial charge in [0, 0.05) is 17.7 Å². The topological polar surface area (TPSA) is 53.2 Å². The van der Waals surface area contributed by atoms with Crippen LogP contribution in [0.15, 0.2) is 36.4 Å². The summed E-state index contributed by atoms with van der Waals surface area (Å²) < 4.78 is 44.9. The zero-order chi connectivity index (χ0) is 27.8. The fourth-order valence-corrected chi connectivity index (χ4v) is 3.76. The summed E-state index contributed by atoms with van der Waals surface area (Å²) in [6.07, 6.45) is 3.47.